The molecule has 1 aromatic carbocycles. The van der Waals surface area contributed by atoms with E-state index in [2.05, 4.69) is 4.99 Å². The third-order valence-corrected chi connectivity index (χ3v) is 6.23. The van der Waals surface area contributed by atoms with Gasteiger partial charge in [0.25, 0.3) is 5.56 Å². The quantitative estimate of drug-likeness (QED) is 0.565. The summed E-state index contributed by atoms with van der Waals surface area (Å²) in [5, 5.41) is 0. The number of ether oxygens (including phenoxy) is 3. The second-order valence-electron chi connectivity index (χ2n) is 7.36. The Morgan fingerprint density at radius 2 is 2.06 bits per heavy atom. The van der Waals surface area contributed by atoms with Gasteiger partial charge in [0.1, 0.15) is 17.6 Å². The molecule has 9 heteroatoms. The van der Waals surface area contributed by atoms with Gasteiger partial charge in [0, 0.05) is 0 Å². The summed E-state index contributed by atoms with van der Waals surface area (Å²) in [5.41, 5.74) is 1.33. The monoisotopic (exact) mass is 452 g/mol. The maximum absolute atomic E-state index is 13.5. The highest BCUT2D eigenvalue weighted by Gasteiger charge is 2.35. The SMILES string of the molecule is CCOC(=O)C1=C(C)N=c2s/c(=C/c3ccc4c(c3)OCO4)c(=O)n2C1c1ccc(C)o1. The molecule has 0 fully saturated rings. The van der Waals surface area contributed by atoms with E-state index in [0.717, 1.165) is 5.56 Å². The third kappa shape index (κ3) is 3.34. The molecule has 3 aromatic rings. The van der Waals surface area contributed by atoms with Crippen molar-refractivity contribution >= 4 is 23.4 Å². The van der Waals surface area contributed by atoms with E-state index in [1.165, 1.54) is 15.9 Å². The topological polar surface area (TPSA) is 92.3 Å². The number of allylic oxidation sites excluding steroid dienone is 1. The van der Waals surface area contributed by atoms with Crippen molar-refractivity contribution in [2.24, 2.45) is 4.99 Å². The Morgan fingerprint density at radius 1 is 1.25 bits per heavy atom. The van der Waals surface area contributed by atoms with Crippen molar-refractivity contribution in [1.29, 1.82) is 0 Å². The maximum atomic E-state index is 13.5. The number of esters is 1. The molecule has 0 amide bonds. The Balaban J connectivity index is 1.69. The molecule has 2 aliphatic heterocycles. The predicted octanol–water partition coefficient (Wildman–Crippen LogP) is 2.43. The number of aryl methyl sites for hydroxylation is 1. The van der Waals surface area contributed by atoms with Gasteiger partial charge in [-0.05, 0) is 56.7 Å². The lowest BCUT2D eigenvalue weighted by Gasteiger charge is -2.22. The highest BCUT2D eigenvalue weighted by Crippen LogP contribution is 2.33. The number of carbonyl (C=O) groups excluding carboxylic acids is 1. The van der Waals surface area contributed by atoms with Crippen LogP contribution in [0.1, 0.15) is 37.0 Å². The summed E-state index contributed by atoms with van der Waals surface area (Å²) in [6, 6.07) is 8.31. The number of carbonyl (C=O) groups is 1. The van der Waals surface area contributed by atoms with E-state index in [0.29, 0.717) is 43.6 Å². The zero-order valence-corrected chi connectivity index (χ0v) is 18.5. The molecule has 1 atom stereocenters. The Hall–Kier alpha value is -3.59. The summed E-state index contributed by atoms with van der Waals surface area (Å²) >= 11 is 1.25. The molecule has 1 unspecified atom stereocenters. The lowest BCUT2D eigenvalue weighted by atomic mass is 10.0. The van der Waals surface area contributed by atoms with Gasteiger partial charge in [-0.3, -0.25) is 9.36 Å². The number of nitrogens with zero attached hydrogens (tertiary/aromatic N) is 2. The molecule has 0 aliphatic carbocycles. The Bertz CT molecular complexity index is 1440. The summed E-state index contributed by atoms with van der Waals surface area (Å²) in [6.45, 7) is 5.69. The average Bonchev–Trinajstić information content (AvgIpc) is 3.47. The van der Waals surface area contributed by atoms with Crippen molar-refractivity contribution in [3.05, 3.63) is 78.4 Å². The molecule has 5 rings (SSSR count). The van der Waals surface area contributed by atoms with E-state index in [9.17, 15) is 9.59 Å². The molecular weight excluding hydrogens is 432 g/mol. The first-order chi connectivity index (χ1) is 15.5. The van der Waals surface area contributed by atoms with Crippen molar-refractivity contribution in [2.75, 3.05) is 13.4 Å². The molecule has 8 nitrogen and oxygen atoms in total. The highest BCUT2D eigenvalue weighted by molar-refractivity contribution is 7.07. The van der Waals surface area contributed by atoms with Gasteiger partial charge in [0.05, 0.1) is 22.4 Å². The van der Waals surface area contributed by atoms with Gasteiger partial charge in [-0.25, -0.2) is 9.79 Å². The van der Waals surface area contributed by atoms with E-state index in [1.54, 1.807) is 32.1 Å². The summed E-state index contributed by atoms with van der Waals surface area (Å²) in [4.78, 5) is 31.3. The van der Waals surface area contributed by atoms with Gasteiger partial charge in [0.2, 0.25) is 6.79 Å². The van der Waals surface area contributed by atoms with Crippen LogP contribution < -0.4 is 24.4 Å². The van der Waals surface area contributed by atoms with Crippen LogP contribution in [0.15, 0.2) is 55.8 Å². The first-order valence-corrected chi connectivity index (χ1v) is 10.9. The lowest BCUT2D eigenvalue weighted by Crippen LogP contribution is -2.39. The van der Waals surface area contributed by atoms with Gasteiger partial charge in [-0.15, -0.1) is 0 Å². The molecule has 164 valence electrons. The second-order valence-corrected chi connectivity index (χ2v) is 8.37. The van der Waals surface area contributed by atoms with Crippen LogP contribution in [-0.4, -0.2) is 23.9 Å². The molecule has 2 aliphatic rings. The molecule has 0 N–H and O–H groups in total. The summed E-state index contributed by atoms with van der Waals surface area (Å²) in [7, 11) is 0. The van der Waals surface area contributed by atoms with Gasteiger partial charge in [-0.1, -0.05) is 17.4 Å². The minimum Gasteiger partial charge on any atom is -0.464 e. The minimum atomic E-state index is -0.752. The Labute approximate surface area is 186 Å². The molecule has 0 spiro atoms. The number of hydrogen-bond donors (Lipinski definition) is 0. The zero-order valence-electron chi connectivity index (χ0n) is 17.7. The van der Waals surface area contributed by atoms with E-state index >= 15 is 0 Å². The average molecular weight is 452 g/mol. The molecule has 0 bridgehead atoms. The van der Waals surface area contributed by atoms with E-state index in [1.807, 2.05) is 25.1 Å². The van der Waals surface area contributed by atoms with Crippen LogP contribution >= 0.6 is 11.3 Å². The fourth-order valence-corrected chi connectivity index (χ4v) is 4.86. The van der Waals surface area contributed by atoms with Crippen molar-refractivity contribution in [3.63, 3.8) is 0 Å². The number of furan rings is 1. The van der Waals surface area contributed by atoms with E-state index in [-0.39, 0.29) is 19.0 Å². The molecule has 32 heavy (non-hydrogen) atoms. The molecule has 4 heterocycles. The number of rotatable bonds is 4. The number of thiazole rings is 1. The van der Waals surface area contributed by atoms with Crippen LogP contribution in [0.5, 0.6) is 11.5 Å². The first-order valence-electron chi connectivity index (χ1n) is 10.1. The standard InChI is InChI=1S/C23H20N2O6S/c1-4-28-22(27)19-13(3)24-23-25(20(19)16-7-5-12(2)31-16)21(26)18(32-23)10-14-6-8-15-17(9-14)30-11-29-15/h5-10,20H,4,11H2,1-3H3/b18-10+. The highest BCUT2D eigenvalue weighted by atomic mass is 32.1. The van der Waals surface area contributed by atoms with Crippen LogP contribution in [0.3, 0.4) is 0 Å². The third-order valence-electron chi connectivity index (χ3n) is 5.24. The van der Waals surface area contributed by atoms with E-state index in [4.69, 9.17) is 18.6 Å². The molecule has 0 saturated carbocycles. The number of aromatic nitrogens is 1. The van der Waals surface area contributed by atoms with Gasteiger partial charge in [0.15, 0.2) is 16.3 Å². The Morgan fingerprint density at radius 3 is 2.81 bits per heavy atom. The maximum Gasteiger partial charge on any atom is 0.338 e. The number of hydrogen-bond acceptors (Lipinski definition) is 8. The van der Waals surface area contributed by atoms with Crippen molar-refractivity contribution < 1.29 is 23.4 Å². The normalized spacial score (nSPS) is 17.3. The Kier molecular flexibility index (Phi) is 4.97. The molecule has 0 radical (unpaired) electrons. The molecular formula is C23H20N2O6S. The molecule has 2 aromatic heterocycles. The van der Waals surface area contributed by atoms with Crippen LogP contribution in [0.2, 0.25) is 0 Å². The van der Waals surface area contributed by atoms with Crippen LogP contribution in [0.4, 0.5) is 0 Å². The van der Waals surface area contributed by atoms with E-state index < -0.39 is 12.0 Å². The van der Waals surface area contributed by atoms with Crippen LogP contribution in [0, 0.1) is 6.92 Å². The fourth-order valence-electron chi connectivity index (χ4n) is 3.82. The van der Waals surface area contributed by atoms with Crippen LogP contribution in [-0.2, 0) is 9.53 Å². The lowest BCUT2D eigenvalue weighted by molar-refractivity contribution is -0.139. The van der Waals surface area contributed by atoms with Gasteiger partial charge >= 0.3 is 5.97 Å². The first kappa shape index (κ1) is 20.3. The van der Waals surface area contributed by atoms with Gasteiger partial charge < -0.3 is 18.6 Å². The minimum absolute atomic E-state index is 0.180. The van der Waals surface area contributed by atoms with Crippen molar-refractivity contribution in [1.82, 2.24) is 4.57 Å². The molecule has 0 saturated heterocycles. The predicted molar refractivity (Wildman–Crippen MR) is 116 cm³/mol. The number of benzene rings is 1. The summed E-state index contributed by atoms with van der Waals surface area (Å²) < 4.78 is 23.9. The largest absolute Gasteiger partial charge is 0.464 e. The van der Waals surface area contributed by atoms with Gasteiger partial charge in [-0.2, -0.15) is 0 Å². The van der Waals surface area contributed by atoms with Crippen LogP contribution in [0.25, 0.3) is 6.08 Å². The smallest absolute Gasteiger partial charge is 0.338 e. The summed E-state index contributed by atoms with van der Waals surface area (Å²) in [6.07, 6.45) is 1.78. The zero-order chi connectivity index (χ0) is 22.4. The van der Waals surface area contributed by atoms with Crippen molar-refractivity contribution in [2.45, 2.75) is 26.8 Å². The van der Waals surface area contributed by atoms with Crippen molar-refractivity contribution in [3.8, 4) is 11.5 Å². The fraction of sp³-hybridized carbons (Fsp3) is 0.261. The second kappa shape index (κ2) is 7.83. The number of fused-ring (bicyclic) bond motifs is 2. The summed E-state index contributed by atoms with van der Waals surface area (Å²) in [5.74, 6) is 1.95.